The number of carbonyl (C=O) groups is 1. The number of thiophene rings is 1. The Morgan fingerprint density at radius 3 is 2.88 bits per heavy atom. The van der Waals surface area contributed by atoms with Gasteiger partial charge in [0.2, 0.25) is 5.91 Å². The van der Waals surface area contributed by atoms with Crippen molar-refractivity contribution >= 4 is 57.0 Å². The quantitative estimate of drug-likeness (QED) is 0.674. The largest absolute Gasteiger partial charge is 0.323 e. The van der Waals surface area contributed by atoms with Gasteiger partial charge in [-0.05, 0) is 36.8 Å². The van der Waals surface area contributed by atoms with Crippen LogP contribution < -0.4 is 10.9 Å². The maximum Gasteiger partial charge on any atom is 0.263 e. The minimum Gasteiger partial charge on any atom is -0.323 e. The Labute approximate surface area is 151 Å². The van der Waals surface area contributed by atoms with Crippen molar-refractivity contribution < 1.29 is 4.79 Å². The van der Waals surface area contributed by atoms with Gasteiger partial charge in [0.15, 0.2) is 4.77 Å². The fraction of sp³-hybridized carbons (Fsp3) is 0.188. The Morgan fingerprint density at radius 1 is 1.42 bits per heavy atom. The summed E-state index contributed by atoms with van der Waals surface area (Å²) in [6.45, 7) is 1.85. The fourth-order valence-corrected chi connectivity index (χ4v) is 3.79. The maximum atomic E-state index is 12.6. The first-order valence-electron chi connectivity index (χ1n) is 7.29. The van der Waals surface area contributed by atoms with Crippen LogP contribution in [-0.2, 0) is 17.8 Å². The van der Waals surface area contributed by atoms with Gasteiger partial charge in [-0.2, -0.15) is 0 Å². The summed E-state index contributed by atoms with van der Waals surface area (Å²) in [4.78, 5) is 29.7. The molecular formula is C16H14ClN3O2S2. The number of rotatable bonds is 4. The van der Waals surface area contributed by atoms with Crippen molar-refractivity contribution in [3.05, 3.63) is 55.4 Å². The van der Waals surface area contributed by atoms with Crippen LogP contribution in [0.2, 0.25) is 5.02 Å². The van der Waals surface area contributed by atoms with Crippen molar-refractivity contribution in [1.29, 1.82) is 0 Å². The lowest BCUT2D eigenvalue weighted by atomic mass is 10.3. The van der Waals surface area contributed by atoms with Crippen LogP contribution >= 0.6 is 35.2 Å². The number of nitrogens with one attached hydrogen (secondary N) is 2. The second-order valence-electron chi connectivity index (χ2n) is 5.16. The molecule has 0 saturated carbocycles. The first-order chi connectivity index (χ1) is 11.5. The second kappa shape index (κ2) is 6.88. The molecule has 3 rings (SSSR count). The SMILES string of the molecule is CCc1cc2c(=O)n(CC(=O)Nc3ccccc3Cl)c(=S)[nH]c2s1. The van der Waals surface area contributed by atoms with E-state index in [0.717, 1.165) is 16.1 Å². The molecule has 124 valence electrons. The number of halogens is 1. The predicted molar refractivity (Wildman–Crippen MR) is 101 cm³/mol. The molecule has 2 heterocycles. The van der Waals surface area contributed by atoms with Gasteiger partial charge in [-0.1, -0.05) is 30.7 Å². The molecule has 1 aromatic carbocycles. The number of aryl methyl sites for hydroxylation is 1. The van der Waals surface area contributed by atoms with E-state index in [-0.39, 0.29) is 22.8 Å². The molecule has 0 aliphatic heterocycles. The summed E-state index contributed by atoms with van der Waals surface area (Å²) in [6, 6.07) is 8.76. The number of anilines is 1. The van der Waals surface area contributed by atoms with Crippen molar-refractivity contribution in [1.82, 2.24) is 9.55 Å². The summed E-state index contributed by atoms with van der Waals surface area (Å²) in [5.74, 6) is -0.366. The molecule has 0 spiro atoms. The van der Waals surface area contributed by atoms with Crippen molar-refractivity contribution in [2.75, 3.05) is 5.32 Å². The van der Waals surface area contributed by atoms with E-state index < -0.39 is 0 Å². The molecule has 5 nitrogen and oxygen atoms in total. The second-order valence-corrected chi connectivity index (χ2v) is 7.09. The molecule has 2 aromatic heterocycles. The number of H-pyrrole nitrogens is 1. The summed E-state index contributed by atoms with van der Waals surface area (Å²) in [6.07, 6.45) is 0.840. The Hall–Kier alpha value is -1.96. The Balaban J connectivity index is 1.92. The van der Waals surface area contributed by atoms with Crippen molar-refractivity contribution in [3.63, 3.8) is 0 Å². The number of amides is 1. The minimum absolute atomic E-state index is 0.174. The van der Waals surface area contributed by atoms with Crippen LogP contribution in [0.25, 0.3) is 10.2 Å². The minimum atomic E-state index is -0.366. The van der Waals surface area contributed by atoms with Gasteiger partial charge in [0.05, 0.1) is 16.1 Å². The zero-order valence-electron chi connectivity index (χ0n) is 12.8. The van der Waals surface area contributed by atoms with Gasteiger partial charge < -0.3 is 10.3 Å². The van der Waals surface area contributed by atoms with Gasteiger partial charge in [0, 0.05) is 4.88 Å². The van der Waals surface area contributed by atoms with Crippen molar-refractivity contribution in [3.8, 4) is 0 Å². The number of hydrogen-bond acceptors (Lipinski definition) is 4. The monoisotopic (exact) mass is 379 g/mol. The molecule has 0 radical (unpaired) electrons. The lowest BCUT2D eigenvalue weighted by Gasteiger charge is -2.09. The highest BCUT2D eigenvalue weighted by Crippen LogP contribution is 2.22. The molecule has 3 aromatic rings. The average Bonchev–Trinajstić information content (AvgIpc) is 2.97. The van der Waals surface area contributed by atoms with Crippen LogP contribution in [0.1, 0.15) is 11.8 Å². The molecule has 2 N–H and O–H groups in total. The summed E-state index contributed by atoms with van der Waals surface area (Å²) >= 11 is 12.8. The molecule has 0 aliphatic carbocycles. The zero-order valence-corrected chi connectivity index (χ0v) is 15.1. The highest BCUT2D eigenvalue weighted by molar-refractivity contribution is 7.71. The van der Waals surface area contributed by atoms with Crippen LogP contribution in [0.5, 0.6) is 0 Å². The molecule has 0 atom stereocenters. The van der Waals surface area contributed by atoms with Crippen LogP contribution in [0, 0.1) is 4.77 Å². The molecular weight excluding hydrogens is 366 g/mol. The van der Waals surface area contributed by atoms with Gasteiger partial charge in [0.1, 0.15) is 11.4 Å². The van der Waals surface area contributed by atoms with E-state index >= 15 is 0 Å². The topological polar surface area (TPSA) is 66.9 Å². The molecule has 0 saturated heterocycles. The van der Waals surface area contributed by atoms with Gasteiger partial charge in [-0.25, -0.2) is 0 Å². The number of nitrogens with zero attached hydrogens (tertiary/aromatic N) is 1. The predicted octanol–water partition coefficient (Wildman–Crippen LogP) is 3.98. The summed E-state index contributed by atoms with van der Waals surface area (Å²) in [5, 5.41) is 3.68. The molecule has 0 unspecified atom stereocenters. The van der Waals surface area contributed by atoms with E-state index in [1.165, 1.54) is 15.9 Å². The Bertz CT molecular complexity index is 1040. The smallest absolute Gasteiger partial charge is 0.263 e. The number of hydrogen-bond donors (Lipinski definition) is 2. The summed E-state index contributed by atoms with van der Waals surface area (Å²) in [5.41, 5.74) is 0.232. The van der Waals surface area contributed by atoms with Crippen molar-refractivity contribution in [2.24, 2.45) is 0 Å². The van der Waals surface area contributed by atoms with Gasteiger partial charge in [-0.15, -0.1) is 11.3 Å². The first kappa shape index (κ1) is 16.9. The van der Waals surface area contributed by atoms with E-state index in [1.54, 1.807) is 24.3 Å². The third-order valence-electron chi connectivity index (χ3n) is 3.52. The normalized spacial score (nSPS) is 10.9. The first-order valence-corrected chi connectivity index (χ1v) is 8.89. The number of benzene rings is 1. The van der Waals surface area contributed by atoms with Gasteiger partial charge >= 0.3 is 0 Å². The van der Waals surface area contributed by atoms with Crippen LogP contribution in [0.15, 0.2) is 35.1 Å². The number of aromatic nitrogens is 2. The summed E-state index contributed by atoms with van der Waals surface area (Å²) < 4.78 is 1.49. The molecule has 24 heavy (non-hydrogen) atoms. The molecule has 0 bridgehead atoms. The molecule has 1 amide bonds. The van der Waals surface area contributed by atoms with E-state index in [4.69, 9.17) is 23.8 Å². The third kappa shape index (κ3) is 3.28. The average molecular weight is 380 g/mol. The van der Waals surface area contributed by atoms with E-state index in [2.05, 4.69) is 10.3 Å². The zero-order chi connectivity index (χ0) is 17.3. The van der Waals surface area contributed by atoms with Gasteiger partial charge in [0.25, 0.3) is 5.56 Å². The molecule has 0 aliphatic rings. The maximum absolute atomic E-state index is 12.6. The highest BCUT2D eigenvalue weighted by Gasteiger charge is 2.13. The standard InChI is InChI=1S/C16H14ClN3O2S2/c1-2-9-7-10-14(24-9)19-16(23)20(15(10)22)8-13(21)18-12-6-4-3-5-11(12)17/h3-7H,2,8H2,1H3,(H,18,21)(H,19,23). The van der Waals surface area contributed by atoms with E-state index in [0.29, 0.717) is 16.1 Å². The highest BCUT2D eigenvalue weighted by atomic mass is 35.5. The van der Waals surface area contributed by atoms with Crippen LogP contribution in [0.4, 0.5) is 5.69 Å². The number of para-hydroxylation sites is 1. The van der Waals surface area contributed by atoms with Crippen molar-refractivity contribution in [2.45, 2.75) is 19.9 Å². The number of carbonyl (C=O) groups excluding carboxylic acids is 1. The van der Waals surface area contributed by atoms with Gasteiger partial charge in [-0.3, -0.25) is 14.2 Å². The Kier molecular flexibility index (Phi) is 4.84. The number of fused-ring (bicyclic) bond motifs is 1. The molecule has 8 heteroatoms. The third-order valence-corrected chi connectivity index (χ3v) is 5.37. The van der Waals surface area contributed by atoms with Crippen LogP contribution in [-0.4, -0.2) is 15.5 Å². The fourth-order valence-electron chi connectivity index (χ4n) is 2.31. The van der Waals surface area contributed by atoms with E-state index in [9.17, 15) is 9.59 Å². The Morgan fingerprint density at radius 2 is 2.17 bits per heavy atom. The number of aromatic amines is 1. The summed E-state index contributed by atoms with van der Waals surface area (Å²) in [7, 11) is 0. The lowest BCUT2D eigenvalue weighted by molar-refractivity contribution is -0.116. The molecule has 0 fully saturated rings. The van der Waals surface area contributed by atoms with E-state index in [1.807, 2.05) is 13.0 Å². The lowest BCUT2D eigenvalue weighted by Crippen LogP contribution is -2.28. The van der Waals surface area contributed by atoms with Crippen LogP contribution in [0.3, 0.4) is 0 Å².